The number of rotatable bonds is 4. The van der Waals surface area contributed by atoms with E-state index in [4.69, 9.17) is 0 Å². The Morgan fingerprint density at radius 3 is 2.50 bits per heavy atom. The van der Waals surface area contributed by atoms with E-state index in [0.29, 0.717) is 31.1 Å². The lowest BCUT2D eigenvalue weighted by molar-refractivity contribution is 0.0690. The van der Waals surface area contributed by atoms with Crippen molar-refractivity contribution in [3.05, 3.63) is 59.9 Å². The van der Waals surface area contributed by atoms with Gasteiger partial charge in [0.05, 0.1) is 0 Å². The van der Waals surface area contributed by atoms with Crippen molar-refractivity contribution in [3.63, 3.8) is 0 Å². The molecule has 3 rings (SSSR count). The molecule has 0 spiro atoms. The lowest BCUT2D eigenvalue weighted by atomic mass is 9.96. The highest BCUT2D eigenvalue weighted by molar-refractivity contribution is 5.94. The first kappa shape index (κ1) is 17.9. The number of pyridine rings is 1. The number of carbonyl (C=O) groups is 2. The molecule has 1 aromatic carbocycles. The van der Waals surface area contributed by atoms with Crippen LogP contribution in [0, 0.1) is 12.8 Å². The molecule has 0 saturated carbocycles. The van der Waals surface area contributed by atoms with Crippen molar-refractivity contribution in [2.75, 3.05) is 25.0 Å². The minimum absolute atomic E-state index is 0.0519. The van der Waals surface area contributed by atoms with Crippen molar-refractivity contribution in [3.8, 4) is 0 Å². The molecule has 0 radical (unpaired) electrons. The van der Waals surface area contributed by atoms with E-state index < -0.39 is 0 Å². The molecular weight excluding hydrogens is 328 g/mol. The molecule has 1 aliphatic heterocycles. The van der Waals surface area contributed by atoms with Gasteiger partial charge in [-0.2, -0.15) is 0 Å². The van der Waals surface area contributed by atoms with Crippen LogP contribution >= 0.6 is 0 Å². The Bertz CT molecular complexity index is 755. The molecule has 1 aliphatic rings. The highest BCUT2D eigenvalue weighted by Crippen LogP contribution is 2.18. The molecule has 2 aromatic rings. The first-order valence-corrected chi connectivity index (χ1v) is 8.93. The van der Waals surface area contributed by atoms with Gasteiger partial charge in [0.2, 0.25) is 0 Å². The largest absolute Gasteiger partial charge is 0.339 e. The van der Waals surface area contributed by atoms with Crippen LogP contribution in [0.15, 0.2) is 48.8 Å². The second kappa shape index (κ2) is 8.47. The molecule has 26 heavy (non-hydrogen) atoms. The first-order valence-electron chi connectivity index (χ1n) is 8.93. The maximum atomic E-state index is 12.4. The van der Waals surface area contributed by atoms with Crippen molar-refractivity contribution in [1.29, 1.82) is 0 Å². The Morgan fingerprint density at radius 2 is 1.81 bits per heavy atom. The number of amides is 3. The number of benzene rings is 1. The van der Waals surface area contributed by atoms with Gasteiger partial charge in [-0.05, 0) is 49.4 Å². The number of nitrogens with zero attached hydrogens (tertiary/aromatic N) is 2. The molecular formula is C20H24N4O2. The summed E-state index contributed by atoms with van der Waals surface area (Å²) in [6.07, 6.45) is 5.05. The van der Waals surface area contributed by atoms with Gasteiger partial charge < -0.3 is 15.5 Å². The van der Waals surface area contributed by atoms with Gasteiger partial charge >= 0.3 is 6.03 Å². The van der Waals surface area contributed by atoms with Crippen molar-refractivity contribution >= 4 is 17.6 Å². The maximum absolute atomic E-state index is 12.4. The van der Waals surface area contributed by atoms with Crippen LogP contribution in [-0.4, -0.2) is 41.5 Å². The van der Waals surface area contributed by atoms with Gasteiger partial charge in [-0.15, -0.1) is 0 Å². The SMILES string of the molecule is Cc1ccccc1NC(=O)NCC1CCN(C(=O)c2ccncc2)CC1. The minimum atomic E-state index is -0.186. The summed E-state index contributed by atoms with van der Waals surface area (Å²) in [6, 6.07) is 11.0. The van der Waals surface area contributed by atoms with Crippen LogP contribution in [0.2, 0.25) is 0 Å². The number of hydrogen-bond acceptors (Lipinski definition) is 3. The Kier molecular flexibility index (Phi) is 5.84. The number of aromatic nitrogens is 1. The molecule has 2 heterocycles. The molecule has 0 unspecified atom stereocenters. The number of anilines is 1. The third kappa shape index (κ3) is 4.59. The molecule has 3 amide bonds. The van der Waals surface area contributed by atoms with E-state index in [-0.39, 0.29) is 11.9 Å². The lowest BCUT2D eigenvalue weighted by Gasteiger charge is -2.32. The van der Waals surface area contributed by atoms with E-state index in [1.54, 1.807) is 24.5 Å². The average Bonchev–Trinajstić information content (AvgIpc) is 2.69. The van der Waals surface area contributed by atoms with Crippen LogP contribution < -0.4 is 10.6 Å². The van der Waals surface area contributed by atoms with Crippen molar-refractivity contribution in [2.24, 2.45) is 5.92 Å². The van der Waals surface area contributed by atoms with Crippen LogP contribution in [0.5, 0.6) is 0 Å². The van der Waals surface area contributed by atoms with Crippen LogP contribution in [0.25, 0.3) is 0 Å². The van der Waals surface area contributed by atoms with Gasteiger partial charge in [-0.25, -0.2) is 4.79 Å². The summed E-state index contributed by atoms with van der Waals surface area (Å²) in [5.74, 6) is 0.440. The fourth-order valence-corrected chi connectivity index (χ4v) is 3.13. The highest BCUT2D eigenvalue weighted by Gasteiger charge is 2.23. The predicted molar refractivity (Wildman–Crippen MR) is 101 cm³/mol. The lowest BCUT2D eigenvalue weighted by Crippen LogP contribution is -2.42. The van der Waals surface area contributed by atoms with Crippen LogP contribution in [-0.2, 0) is 0 Å². The smallest absolute Gasteiger partial charge is 0.319 e. The van der Waals surface area contributed by atoms with Crippen molar-refractivity contribution in [2.45, 2.75) is 19.8 Å². The normalized spacial score (nSPS) is 14.7. The summed E-state index contributed by atoms with van der Waals surface area (Å²) < 4.78 is 0. The fraction of sp³-hybridized carbons (Fsp3) is 0.350. The van der Waals surface area contributed by atoms with E-state index in [9.17, 15) is 9.59 Å². The number of urea groups is 1. The third-order valence-electron chi connectivity index (χ3n) is 4.77. The Hall–Kier alpha value is -2.89. The number of aryl methyl sites for hydroxylation is 1. The van der Waals surface area contributed by atoms with Crippen LogP contribution in [0.3, 0.4) is 0 Å². The Balaban J connectivity index is 1.42. The predicted octanol–water partition coefficient (Wildman–Crippen LogP) is 3.06. The van der Waals surface area contributed by atoms with Gasteiger partial charge in [-0.1, -0.05) is 18.2 Å². The standard InChI is InChI=1S/C20H24N4O2/c1-15-4-2-3-5-18(15)23-20(26)22-14-16-8-12-24(13-9-16)19(25)17-6-10-21-11-7-17/h2-7,10-11,16H,8-9,12-14H2,1H3,(H2,22,23,26). The number of para-hydroxylation sites is 1. The summed E-state index contributed by atoms with van der Waals surface area (Å²) in [5.41, 5.74) is 2.53. The summed E-state index contributed by atoms with van der Waals surface area (Å²) >= 11 is 0. The summed E-state index contributed by atoms with van der Waals surface area (Å²) in [4.78, 5) is 30.3. The topological polar surface area (TPSA) is 74.3 Å². The number of hydrogen-bond donors (Lipinski definition) is 2. The van der Waals surface area contributed by atoms with Gasteiger partial charge in [0.15, 0.2) is 0 Å². The van der Waals surface area contributed by atoms with Crippen molar-refractivity contribution in [1.82, 2.24) is 15.2 Å². The molecule has 0 bridgehead atoms. The highest BCUT2D eigenvalue weighted by atomic mass is 16.2. The van der Waals surface area contributed by atoms with Crippen molar-refractivity contribution < 1.29 is 9.59 Å². The number of likely N-dealkylation sites (tertiary alicyclic amines) is 1. The summed E-state index contributed by atoms with van der Waals surface area (Å²) in [7, 11) is 0. The van der Waals surface area contributed by atoms with E-state index in [2.05, 4.69) is 15.6 Å². The molecule has 2 N–H and O–H groups in total. The van der Waals surface area contributed by atoms with Crippen LogP contribution in [0.1, 0.15) is 28.8 Å². The quantitative estimate of drug-likeness (QED) is 0.888. The molecule has 1 fully saturated rings. The third-order valence-corrected chi connectivity index (χ3v) is 4.77. The van der Waals surface area contributed by atoms with Gasteiger partial charge in [0, 0.05) is 43.3 Å². The number of nitrogens with one attached hydrogen (secondary N) is 2. The number of carbonyl (C=O) groups excluding carboxylic acids is 2. The molecule has 136 valence electrons. The zero-order valence-corrected chi connectivity index (χ0v) is 14.9. The zero-order valence-electron chi connectivity index (χ0n) is 14.9. The van der Waals surface area contributed by atoms with Gasteiger partial charge in [-0.3, -0.25) is 9.78 Å². The molecule has 6 nitrogen and oxygen atoms in total. The van der Waals surface area contributed by atoms with E-state index in [0.717, 1.165) is 24.1 Å². The first-order chi connectivity index (χ1) is 12.6. The monoisotopic (exact) mass is 352 g/mol. The minimum Gasteiger partial charge on any atom is -0.339 e. The maximum Gasteiger partial charge on any atom is 0.319 e. The van der Waals surface area contributed by atoms with Crippen LogP contribution in [0.4, 0.5) is 10.5 Å². The fourth-order valence-electron chi connectivity index (χ4n) is 3.13. The van der Waals surface area contributed by atoms with Gasteiger partial charge in [0.25, 0.3) is 5.91 Å². The van der Waals surface area contributed by atoms with E-state index in [1.807, 2.05) is 36.1 Å². The Morgan fingerprint density at radius 1 is 1.12 bits per heavy atom. The zero-order chi connectivity index (χ0) is 18.4. The molecule has 0 aliphatic carbocycles. The molecule has 1 saturated heterocycles. The molecule has 0 atom stereocenters. The summed E-state index contributed by atoms with van der Waals surface area (Å²) in [6.45, 7) is 4.01. The second-order valence-corrected chi connectivity index (χ2v) is 6.62. The summed E-state index contributed by atoms with van der Waals surface area (Å²) in [5, 5.41) is 5.82. The second-order valence-electron chi connectivity index (χ2n) is 6.62. The number of piperidine rings is 1. The van der Waals surface area contributed by atoms with Gasteiger partial charge in [0.1, 0.15) is 0 Å². The molecule has 6 heteroatoms. The van der Waals surface area contributed by atoms with E-state index >= 15 is 0 Å². The average molecular weight is 352 g/mol. The van der Waals surface area contributed by atoms with E-state index in [1.165, 1.54) is 0 Å². The Labute approximate surface area is 153 Å². The molecule has 1 aromatic heterocycles.